The molecule has 2 rings (SSSR count). The Morgan fingerprint density at radius 3 is 2.94 bits per heavy atom. The number of ether oxygens (including phenoxy) is 2. The molecule has 0 spiro atoms. The highest BCUT2D eigenvalue weighted by Gasteiger charge is 2.19. The predicted molar refractivity (Wildman–Crippen MR) is 73.2 cm³/mol. The number of nitrogens with zero attached hydrogens (tertiary/aromatic N) is 1. The molecule has 1 aromatic rings. The molecule has 0 bridgehead atoms. The smallest absolute Gasteiger partial charge is 0.122 e. The van der Waals surface area contributed by atoms with E-state index < -0.39 is 0 Å². The van der Waals surface area contributed by atoms with Crippen molar-refractivity contribution in [3.63, 3.8) is 0 Å². The van der Waals surface area contributed by atoms with Gasteiger partial charge in [-0.15, -0.1) is 0 Å². The fourth-order valence-corrected chi connectivity index (χ4v) is 2.29. The van der Waals surface area contributed by atoms with Crippen molar-refractivity contribution in [3.05, 3.63) is 29.8 Å². The number of benzene rings is 1. The SMILES string of the molecule is CCc1ccccc1OCC1CN(CC)CCO1. The molecule has 1 heterocycles. The molecule has 18 heavy (non-hydrogen) atoms. The monoisotopic (exact) mass is 249 g/mol. The summed E-state index contributed by atoms with van der Waals surface area (Å²) in [7, 11) is 0. The molecule has 1 aliphatic rings. The highest BCUT2D eigenvalue weighted by atomic mass is 16.5. The van der Waals surface area contributed by atoms with E-state index in [9.17, 15) is 0 Å². The summed E-state index contributed by atoms with van der Waals surface area (Å²) in [6.07, 6.45) is 1.20. The van der Waals surface area contributed by atoms with Crippen molar-refractivity contribution in [2.24, 2.45) is 0 Å². The van der Waals surface area contributed by atoms with Crippen LogP contribution in [0.5, 0.6) is 5.75 Å². The van der Waals surface area contributed by atoms with Crippen LogP contribution in [0.4, 0.5) is 0 Å². The van der Waals surface area contributed by atoms with Crippen molar-refractivity contribution in [2.45, 2.75) is 26.4 Å². The molecule has 0 aliphatic carbocycles. The first-order valence-corrected chi connectivity index (χ1v) is 6.88. The third-order valence-electron chi connectivity index (χ3n) is 3.45. The first-order chi connectivity index (χ1) is 8.83. The normalized spacial score (nSPS) is 20.9. The molecule has 0 aromatic heterocycles. The van der Waals surface area contributed by atoms with Gasteiger partial charge in [0.1, 0.15) is 18.5 Å². The van der Waals surface area contributed by atoms with Crippen LogP contribution >= 0.6 is 0 Å². The van der Waals surface area contributed by atoms with Gasteiger partial charge < -0.3 is 9.47 Å². The molecular formula is C15H23NO2. The van der Waals surface area contributed by atoms with Gasteiger partial charge in [0.15, 0.2) is 0 Å². The minimum atomic E-state index is 0.198. The lowest BCUT2D eigenvalue weighted by Crippen LogP contribution is -2.44. The van der Waals surface area contributed by atoms with Crippen LogP contribution in [0, 0.1) is 0 Å². The van der Waals surface area contributed by atoms with E-state index in [4.69, 9.17) is 9.47 Å². The maximum atomic E-state index is 5.91. The van der Waals surface area contributed by atoms with E-state index in [-0.39, 0.29) is 6.10 Å². The number of likely N-dealkylation sites (N-methyl/N-ethyl adjacent to an activating group) is 1. The van der Waals surface area contributed by atoms with Crippen molar-refractivity contribution in [1.29, 1.82) is 0 Å². The number of para-hydroxylation sites is 1. The van der Waals surface area contributed by atoms with Gasteiger partial charge in [0.2, 0.25) is 0 Å². The summed E-state index contributed by atoms with van der Waals surface area (Å²) in [4.78, 5) is 2.41. The van der Waals surface area contributed by atoms with Gasteiger partial charge in [-0.1, -0.05) is 32.0 Å². The van der Waals surface area contributed by atoms with Crippen LogP contribution in [0.25, 0.3) is 0 Å². The van der Waals surface area contributed by atoms with Crippen LogP contribution in [0.1, 0.15) is 19.4 Å². The fourth-order valence-electron chi connectivity index (χ4n) is 2.29. The maximum Gasteiger partial charge on any atom is 0.122 e. The largest absolute Gasteiger partial charge is 0.491 e. The molecule has 0 saturated carbocycles. The summed E-state index contributed by atoms with van der Waals surface area (Å²) in [5, 5.41) is 0. The summed E-state index contributed by atoms with van der Waals surface area (Å²) in [5.74, 6) is 0.997. The van der Waals surface area contributed by atoms with Crippen LogP contribution in [0.15, 0.2) is 24.3 Å². The molecular weight excluding hydrogens is 226 g/mol. The Balaban J connectivity index is 1.87. The molecule has 1 atom stereocenters. The van der Waals surface area contributed by atoms with E-state index in [1.807, 2.05) is 12.1 Å². The molecule has 0 N–H and O–H groups in total. The lowest BCUT2D eigenvalue weighted by Gasteiger charge is -2.32. The topological polar surface area (TPSA) is 21.7 Å². The van der Waals surface area contributed by atoms with Crippen molar-refractivity contribution in [1.82, 2.24) is 4.90 Å². The van der Waals surface area contributed by atoms with E-state index in [2.05, 4.69) is 30.9 Å². The Morgan fingerprint density at radius 1 is 1.33 bits per heavy atom. The third kappa shape index (κ3) is 3.47. The maximum absolute atomic E-state index is 5.91. The Morgan fingerprint density at radius 2 is 2.17 bits per heavy atom. The lowest BCUT2D eigenvalue weighted by molar-refractivity contribution is -0.0465. The first kappa shape index (κ1) is 13.4. The van der Waals surface area contributed by atoms with E-state index >= 15 is 0 Å². The Kier molecular flexibility index (Phi) is 5.02. The first-order valence-electron chi connectivity index (χ1n) is 6.88. The van der Waals surface area contributed by atoms with Crippen LogP contribution in [-0.4, -0.2) is 43.9 Å². The van der Waals surface area contributed by atoms with E-state index in [1.54, 1.807) is 0 Å². The summed E-state index contributed by atoms with van der Waals surface area (Å²) in [5.41, 5.74) is 1.26. The molecule has 100 valence electrons. The van der Waals surface area contributed by atoms with Crippen molar-refractivity contribution in [2.75, 3.05) is 32.8 Å². The molecule has 1 aliphatic heterocycles. The van der Waals surface area contributed by atoms with Crippen molar-refractivity contribution in [3.8, 4) is 5.75 Å². The second kappa shape index (κ2) is 6.76. The Hall–Kier alpha value is -1.06. The number of aryl methyl sites for hydroxylation is 1. The van der Waals surface area contributed by atoms with Gasteiger partial charge in [-0.05, 0) is 24.6 Å². The van der Waals surface area contributed by atoms with Gasteiger partial charge in [-0.3, -0.25) is 4.90 Å². The zero-order valence-electron chi connectivity index (χ0n) is 11.4. The van der Waals surface area contributed by atoms with E-state index in [0.717, 1.165) is 38.4 Å². The summed E-state index contributed by atoms with van der Waals surface area (Å²) in [6, 6.07) is 8.24. The molecule has 1 aromatic carbocycles. The van der Waals surface area contributed by atoms with Gasteiger partial charge in [0.05, 0.1) is 6.61 Å². The van der Waals surface area contributed by atoms with Crippen LogP contribution in [0.3, 0.4) is 0 Å². The van der Waals surface area contributed by atoms with Crippen LogP contribution in [-0.2, 0) is 11.2 Å². The Labute approximate surface area is 110 Å². The highest BCUT2D eigenvalue weighted by Crippen LogP contribution is 2.19. The predicted octanol–water partition coefficient (Wildman–Crippen LogP) is 2.35. The zero-order chi connectivity index (χ0) is 12.8. The molecule has 1 saturated heterocycles. The number of hydrogen-bond donors (Lipinski definition) is 0. The molecule has 0 amide bonds. The van der Waals surface area contributed by atoms with E-state index in [1.165, 1.54) is 5.56 Å². The van der Waals surface area contributed by atoms with E-state index in [0.29, 0.717) is 6.61 Å². The second-order valence-electron chi connectivity index (χ2n) is 4.66. The van der Waals surface area contributed by atoms with Gasteiger partial charge in [0.25, 0.3) is 0 Å². The molecule has 3 heteroatoms. The summed E-state index contributed by atoms with van der Waals surface area (Å²) in [6.45, 7) is 8.91. The van der Waals surface area contributed by atoms with Gasteiger partial charge in [0, 0.05) is 13.1 Å². The number of hydrogen-bond acceptors (Lipinski definition) is 3. The quantitative estimate of drug-likeness (QED) is 0.799. The molecule has 1 fully saturated rings. The minimum absolute atomic E-state index is 0.198. The standard InChI is InChI=1S/C15H23NO2/c1-3-13-7-5-6-8-15(13)18-12-14-11-16(4-2)9-10-17-14/h5-8,14H,3-4,9-12H2,1-2H3. The van der Waals surface area contributed by atoms with Gasteiger partial charge >= 0.3 is 0 Å². The summed E-state index contributed by atoms with van der Waals surface area (Å²) >= 11 is 0. The van der Waals surface area contributed by atoms with Crippen LogP contribution in [0.2, 0.25) is 0 Å². The lowest BCUT2D eigenvalue weighted by atomic mass is 10.1. The third-order valence-corrected chi connectivity index (χ3v) is 3.45. The Bertz CT molecular complexity index is 367. The molecule has 3 nitrogen and oxygen atoms in total. The fraction of sp³-hybridized carbons (Fsp3) is 0.600. The zero-order valence-corrected chi connectivity index (χ0v) is 11.4. The average molecular weight is 249 g/mol. The molecule has 1 unspecified atom stereocenters. The highest BCUT2D eigenvalue weighted by molar-refractivity contribution is 5.33. The summed E-state index contributed by atoms with van der Waals surface area (Å²) < 4.78 is 11.6. The van der Waals surface area contributed by atoms with Crippen molar-refractivity contribution >= 4 is 0 Å². The minimum Gasteiger partial charge on any atom is -0.491 e. The second-order valence-corrected chi connectivity index (χ2v) is 4.66. The van der Waals surface area contributed by atoms with Gasteiger partial charge in [-0.2, -0.15) is 0 Å². The number of rotatable bonds is 5. The molecule has 0 radical (unpaired) electrons. The van der Waals surface area contributed by atoms with Crippen LogP contribution < -0.4 is 4.74 Å². The van der Waals surface area contributed by atoms with Crippen molar-refractivity contribution < 1.29 is 9.47 Å². The number of morpholine rings is 1. The average Bonchev–Trinajstić information content (AvgIpc) is 2.45. The van der Waals surface area contributed by atoms with Gasteiger partial charge in [-0.25, -0.2) is 0 Å².